The zero-order valence-corrected chi connectivity index (χ0v) is 21.7. The summed E-state index contributed by atoms with van der Waals surface area (Å²) in [5, 5.41) is 19.4. The van der Waals surface area contributed by atoms with Crippen LogP contribution in [0.5, 0.6) is 0 Å². The zero-order valence-electron chi connectivity index (χ0n) is 21.7. The zero-order chi connectivity index (χ0) is 26.5. The maximum atomic E-state index is 12.9. The molecule has 9 heteroatoms. The highest BCUT2D eigenvalue weighted by atomic mass is 16.7. The second-order valence-corrected chi connectivity index (χ2v) is 9.38. The molecular formula is C26H42O9. The quantitative estimate of drug-likeness (QED) is 0.151. The molecular weight excluding hydrogens is 456 g/mol. The van der Waals surface area contributed by atoms with Gasteiger partial charge in [-0.25, -0.2) is 4.79 Å². The molecule has 0 aromatic carbocycles. The van der Waals surface area contributed by atoms with Crippen LogP contribution < -0.4 is 0 Å². The third kappa shape index (κ3) is 8.83. The number of carbonyl (C=O) groups excluding carboxylic acids is 3. The number of carbonyl (C=O) groups is 3. The summed E-state index contributed by atoms with van der Waals surface area (Å²) in [5.41, 5.74) is -0.626. The van der Waals surface area contributed by atoms with E-state index in [9.17, 15) is 24.6 Å². The van der Waals surface area contributed by atoms with E-state index in [0.29, 0.717) is 18.3 Å². The normalized spacial score (nSPS) is 24.9. The molecule has 0 spiro atoms. The minimum absolute atomic E-state index is 0.0473. The van der Waals surface area contributed by atoms with Crippen molar-refractivity contribution in [2.75, 3.05) is 20.8 Å². The Bertz CT molecular complexity index is 743. The van der Waals surface area contributed by atoms with Crippen molar-refractivity contribution in [1.29, 1.82) is 0 Å². The molecule has 1 aliphatic rings. The average Bonchev–Trinajstić information content (AvgIpc) is 2.83. The summed E-state index contributed by atoms with van der Waals surface area (Å²) < 4.78 is 23.0. The van der Waals surface area contributed by atoms with Gasteiger partial charge in [-0.1, -0.05) is 52.5 Å². The van der Waals surface area contributed by atoms with Crippen LogP contribution in [0.4, 0.5) is 0 Å². The summed E-state index contributed by atoms with van der Waals surface area (Å²) >= 11 is 0. The van der Waals surface area contributed by atoms with Crippen LogP contribution in [0.3, 0.4) is 0 Å². The third-order valence-corrected chi connectivity index (χ3v) is 6.26. The molecule has 0 saturated carbocycles. The van der Waals surface area contributed by atoms with E-state index in [2.05, 4.69) is 6.92 Å². The first-order chi connectivity index (χ1) is 16.6. The molecule has 0 aromatic rings. The van der Waals surface area contributed by atoms with Gasteiger partial charge in [0.25, 0.3) is 0 Å². The number of aliphatic hydroxyl groups excluding tert-OH is 2. The lowest BCUT2D eigenvalue weighted by Gasteiger charge is -2.53. The summed E-state index contributed by atoms with van der Waals surface area (Å²) in [7, 11) is 2.63. The van der Waals surface area contributed by atoms with Gasteiger partial charge in [0.1, 0.15) is 6.29 Å². The monoisotopic (exact) mass is 498 g/mol. The van der Waals surface area contributed by atoms with Crippen LogP contribution in [-0.2, 0) is 33.3 Å². The smallest absolute Gasteiger partial charge is 0.330 e. The third-order valence-electron chi connectivity index (χ3n) is 6.26. The maximum absolute atomic E-state index is 12.9. The fourth-order valence-corrected chi connectivity index (χ4v) is 4.34. The van der Waals surface area contributed by atoms with Gasteiger partial charge in [0.2, 0.25) is 5.79 Å². The van der Waals surface area contributed by atoms with E-state index >= 15 is 0 Å². The van der Waals surface area contributed by atoms with Gasteiger partial charge < -0.3 is 29.2 Å². The molecule has 200 valence electrons. The number of ether oxygens (including phenoxy) is 4. The van der Waals surface area contributed by atoms with Gasteiger partial charge in [-0.2, -0.15) is 0 Å². The fraction of sp³-hybridized carbons (Fsp3) is 0.731. The standard InChI is InChI=1S/C26H42O9/c1-6-7-8-9-10-12-22(30)34-24-19(16-23(31)32-4)15-21(17-20(29)18-28)35-26(24,33-5)25(2,3)13-11-14-27/h11,13-14,16,20-21,24,28-29H,6-10,12,15,17-18H2,1-5H3/b13-11+,19-16+/t20-,21+,24+,26-/m1/s1. The number of aldehydes is 1. The number of unbranched alkanes of at least 4 members (excludes halogenated alkanes) is 4. The van der Waals surface area contributed by atoms with Gasteiger partial charge >= 0.3 is 11.9 Å². The molecule has 1 saturated heterocycles. The Hall–Kier alpha value is -2.07. The van der Waals surface area contributed by atoms with E-state index in [-0.39, 0.29) is 19.3 Å². The van der Waals surface area contributed by atoms with Crippen molar-refractivity contribution in [3.8, 4) is 0 Å². The maximum Gasteiger partial charge on any atom is 0.330 e. The second kappa shape index (κ2) is 15.1. The van der Waals surface area contributed by atoms with Gasteiger partial charge in [0.15, 0.2) is 6.10 Å². The molecule has 0 amide bonds. The van der Waals surface area contributed by atoms with Crippen LogP contribution in [-0.4, -0.2) is 73.4 Å². The summed E-state index contributed by atoms with van der Waals surface area (Å²) in [4.78, 5) is 36.2. The van der Waals surface area contributed by atoms with E-state index in [4.69, 9.17) is 18.9 Å². The van der Waals surface area contributed by atoms with Gasteiger partial charge in [-0.15, -0.1) is 0 Å². The van der Waals surface area contributed by atoms with Crippen LogP contribution in [0.1, 0.15) is 72.1 Å². The lowest BCUT2D eigenvalue weighted by Crippen LogP contribution is -2.63. The van der Waals surface area contributed by atoms with Crippen molar-refractivity contribution in [2.24, 2.45) is 5.41 Å². The van der Waals surface area contributed by atoms with Crippen molar-refractivity contribution < 1.29 is 43.5 Å². The first kappa shape index (κ1) is 31.0. The Morgan fingerprint density at radius 3 is 2.49 bits per heavy atom. The molecule has 35 heavy (non-hydrogen) atoms. The predicted octanol–water partition coefficient (Wildman–Crippen LogP) is 3.01. The minimum Gasteiger partial charge on any atom is -0.466 e. The molecule has 1 heterocycles. The van der Waals surface area contributed by atoms with Crippen LogP contribution in [0.25, 0.3) is 0 Å². The molecule has 1 aliphatic heterocycles. The number of hydrogen-bond donors (Lipinski definition) is 2. The Morgan fingerprint density at radius 2 is 1.91 bits per heavy atom. The molecule has 2 N–H and O–H groups in total. The van der Waals surface area contributed by atoms with Crippen LogP contribution in [0.2, 0.25) is 0 Å². The molecule has 1 rings (SSSR count). The molecule has 4 atom stereocenters. The van der Waals surface area contributed by atoms with Crippen LogP contribution in [0.15, 0.2) is 23.8 Å². The minimum atomic E-state index is -1.64. The van der Waals surface area contributed by atoms with E-state index < -0.39 is 48.1 Å². The molecule has 0 aliphatic carbocycles. The SMILES string of the molecule is CCCCCCCC(=O)O[C@H]1/C(=C/C(=O)OC)C[C@@H](C[C@@H](O)CO)O[C@@]1(OC)C(C)(C)/C=C/C=O. The summed E-state index contributed by atoms with van der Waals surface area (Å²) in [6.45, 7) is 5.15. The van der Waals surface area contributed by atoms with Crippen molar-refractivity contribution in [2.45, 2.75) is 96.2 Å². The van der Waals surface area contributed by atoms with Crippen LogP contribution >= 0.6 is 0 Å². The van der Waals surface area contributed by atoms with Gasteiger partial charge in [-0.05, 0) is 24.5 Å². The Morgan fingerprint density at radius 1 is 1.23 bits per heavy atom. The molecule has 0 unspecified atom stereocenters. The second-order valence-electron chi connectivity index (χ2n) is 9.38. The highest BCUT2D eigenvalue weighted by Crippen LogP contribution is 2.48. The number of hydrogen-bond acceptors (Lipinski definition) is 9. The lowest BCUT2D eigenvalue weighted by atomic mass is 9.74. The summed E-state index contributed by atoms with van der Waals surface area (Å²) in [6.07, 6.45) is 7.05. The van der Waals surface area contributed by atoms with Crippen molar-refractivity contribution >= 4 is 18.2 Å². The van der Waals surface area contributed by atoms with Gasteiger partial charge in [0.05, 0.1) is 25.9 Å². The molecule has 0 bridgehead atoms. The molecule has 1 fully saturated rings. The van der Waals surface area contributed by atoms with E-state index in [1.165, 1.54) is 26.4 Å². The first-order valence-electron chi connectivity index (χ1n) is 12.2. The first-order valence-corrected chi connectivity index (χ1v) is 12.2. The Labute approximate surface area is 208 Å². The fourth-order valence-electron chi connectivity index (χ4n) is 4.34. The number of aliphatic hydroxyl groups is 2. The van der Waals surface area contributed by atoms with E-state index in [1.807, 2.05) is 0 Å². The topological polar surface area (TPSA) is 129 Å². The molecule has 9 nitrogen and oxygen atoms in total. The number of methoxy groups -OCH3 is 2. The average molecular weight is 499 g/mol. The van der Waals surface area contributed by atoms with Gasteiger partial charge in [-0.3, -0.25) is 9.59 Å². The molecule has 0 radical (unpaired) electrons. The lowest BCUT2D eigenvalue weighted by molar-refractivity contribution is -0.338. The Balaban J connectivity index is 3.44. The van der Waals surface area contributed by atoms with Crippen LogP contribution in [0, 0.1) is 5.41 Å². The van der Waals surface area contributed by atoms with Crippen molar-refractivity contribution in [3.63, 3.8) is 0 Å². The van der Waals surface area contributed by atoms with Crippen molar-refractivity contribution in [3.05, 3.63) is 23.8 Å². The largest absolute Gasteiger partial charge is 0.466 e. The predicted molar refractivity (Wildman–Crippen MR) is 129 cm³/mol. The van der Waals surface area contributed by atoms with E-state index in [1.54, 1.807) is 19.9 Å². The highest BCUT2D eigenvalue weighted by Gasteiger charge is 2.59. The highest BCUT2D eigenvalue weighted by molar-refractivity contribution is 5.83. The number of allylic oxidation sites excluding steroid dienone is 1. The molecule has 0 aromatic heterocycles. The summed E-state index contributed by atoms with van der Waals surface area (Å²) in [6, 6.07) is 0. The Kier molecular flexibility index (Phi) is 13.4. The van der Waals surface area contributed by atoms with E-state index in [0.717, 1.165) is 25.7 Å². The number of esters is 2. The van der Waals surface area contributed by atoms with Gasteiger partial charge in [0, 0.05) is 31.4 Å². The van der Waals surface area contributed by atoms with Crippen molar-refractivity contribution in [1.82, 2.24) is 0 Å². The summed E-state index contributed by atoms with van der Waals surface area (Å²) in [5.74, 6) is -2.74. The number of rotatable bonds is 15.